The first-order valence-corrected chi connectivity index (χ1v) is 7.20. The lowest BCUT2D eigenvalue weighted by Gasteiger charge is -2.23. The molecule has 1 aliphatic rings. The highest BCUT2D eigenvalue weighted by atomic mass is 16.5. The molecule has 0 aliphatic carbocycles. The minimum atomic E-state index is 0.0235. The molecule has 6 heteroatoms. The smallest absolute Gasteiger partial charge is 0.227 e. The van der Waals surface area contributed by atoms with E-state index in [1.807, 2.05) is 31.7 Å². The third kappa shape index (κ3) is 2.57. The summed E-state index contributed by atoms with van der Waals surface area (Å²) in [4.78, 5) is 14.5. The molecule has 1 saturated heterocycles. The van der Waals surface area contributed by atoms with Crippen LogP contribution in [0.25, 0.3) is 0 Å². The molecule has 0 radical (unpaired) electrons. The van der Waals surface area contributed by atoms with Crippen molar-refractivity contribution in [2.75, 3.05) is 6.54 Å². The van der Waals surface area contributed by atoms with Crippen molar-refractivity contribution in [3.8, 4) is 0 Å². The summed E-state index contributed by atoms with van der Waals surface area (Å²) in [5, 5.41) is 7.97. The van der Waals surface area contributed by atoms with Gasteiger partial charge in [0.05, 0.1) is 18.2 Å². The Morgan fingerprint density at radius 1 is 1.33 bits per heavy atom. The SMILES string of the molecule is Cc1cc([C@@H]2CCCN2C(=O)Cc2c(C)noc2C)no1. The van der Waals surface area contributed by atoms with E-state index < -0.39 is 0 Å². The molecule has 112 valence electrons. The predicted molar refractivity (Wildman–Crippen MR) is 74.6 cm³/mol. The molecule has 3 rings (SSSR count). The summed E-state index contributed by atoms with van der Waals surface area (Å²) in [6.07, 6.45) is 2.25. The van der Waals surface area contributed by atoms with E-state index in [0.29, 0.717) is 12.2 Å². The highest BCUT2D eigenvalue weighted by Gasteiger charge is 2.32. The maximum atomic E-state index is 12.6. The van der Waals surface area contributed by atoms with E-state index in [0.717, 1.165) is 42.1 Å². The van der Waals surface area contributed by atoms with Crippen LogP contribution in [0.3, 0.4) is 0 Å². The van der Waals surface area contributed by atoms with Gasteiger partial charge < -0.3 is 13.9 Å². The Morgan fingerprint density at radius 3 is 2.76 bits per heavy atom. The van der Waals surface area contributed by atoms with E-state index in [-0.39, 0.29) is 11.9 Å². The summed E-state index contributed by atoms with van der Waals surface area (Å²) in [6, 6.07) is 1.93. The first kappa shape index (κ1) is 13.9. The summed E-state index contributed by atoms with van der Waals surface area (Å²) in [5.41, 5.74) is 2.52. The number of rotatable bonds is 3. The molecular formula is C15H19N3O3. The number of carbonyl (C=O) groups excluding carboxylic acids is 1. The van der Waals surface area contributed by atoms with Crippen LogP contribution >= 0.6 is 0 Å². The Hall–Kier alpha value is -2.11. The number of aromatic nitrogens is 2. The maximum Gasteiger partial charge on any atom is 0.227 e. The van der Waals surface area contributed by atoms with Gasteiger partial charge in [0.1, 0.15) is 17.2 Å². The Bertz CT molecular complexity index is 639. The largest absolute Gasteiger partial charge is 0.361 e. The maximum absolute atomic E-state index is 12.6. The van der Waals surface area contributed by atoms with Crippen molar-refractivity contribution >= 4 is 5.91 Å². The van der Waals surface area contributed by atoms with Gasteiger partial charge in [0.15, 0.2) is 0 Å². The van der Waals surface area contributed by atoms with Crippen LogP contribution in [-0.2, 0) is 11.2 Å². The Kier molecular flexibility index (Phi) is 3.53. The van der Waals surface area contributed by atoms with Gasteiger partial charge in [0.25, 0.3) is 0 Å². The van der Waals surface area contributed by atoms with Gasteiger partial charge in [-0.2, -0.15) is 0 Å². The summed E-state index contributed by atoms with van der Waals surface area (Å²) in [6.45, 7) is 6.33. The van der Waals surface area contributed by atoms with Crippen molar-refractivity contribution in [2.45, 2.75) is 46.1 Å². The van der Waals surface area contributed by atoms with E-state index in [1.54, 1.807) is 0 Å². The Morgan fingerprint density at radius 2 is 2.14 bits per heavy atom. The summed E-state index contributed by atoms with van der Waals surface area (Å²) in [7, 11) is 0. The summed E-state index contributed by atoms with van der Waals surface area (Å²) < 4.78 is 10.3. The highest BCUT2D eigenvalue weighted by molar-refractivity contribution is 5.80. The molecule has 0 N–H and O–H groups in total. The molecule has 0 unspecified atom stereocenters. The van der Waals surface area contributed by atoms with Gasteiger partial charge >= 0.3 is 0 Å². The van der Waals surface area contributed by atoms with E-state index in [4.69, 9.17) is 9.05 Å². The van der Waals surface area contributed by atoms with E-state index >= 15 is 0 Å². The highest BCUT2D eigenvalue weighted by Crippen LogP contribution is 2.32. The lowest BCUT2D eigenvalue weighted by atomic mass is 10.1. The third-order valence-electron chi connectivity index (χ3n) is 4.07. The topological polar surface area (TPSA) is 72.4 Å². The normalized spacial score (nSPS) is 18.4. The molecule has 0 aromatic carbocycles. The lowest BCUT2D eigenvalue weighted by molar-refractivity contribution is -0.131. The lowest BCUT2D eigenvalue weighted by Crippen LogP contribution is -2.32. The molecule has 0 spiro atoms. The zero-order valence-corrected chi connectivity index (χ0v) is 12.5. The second kappa shape index (κ2) is 5.35. The van der Waals surface area contributed by atoms with Crippen molar-refractivity contribution in [1.29, 1.82) is 0 Å². The van der Waals surface area contributed by atoms with Gasteiger partial charge in [-0.25, -0.2) is 0 Å². The van der Waals surface area contributed by atoms with Crippen molar-refractivity contribution in [2.24, 2.45) is 0 Å². The Balaban J connectivity index is 1.77. The minimum Gasteiger partial charge on any atom is -0.361 e. The number of amides is 1. The first-order valence-electron chi connectivity index (χ1n) is 7.20. The van der Waals surface area contributed by atoms with Gasteiger partial charge in [-0.15, -0.1) is 0 Å². The average Bonchev–Trinajstić information content (AvgIpc) is 3.14. The van der Waals surface area contributed by atoms with E-state index in [9.17, 15) is 4.79 Å². The van der Waals surface area contributed by atoms with Crippen LogP contribution in [0.4, 0.5) is 0 Å². The molecule has 1 atom stereocenters. The minimum absolute atomic E-state index is 0.0235. The number of hydrogen-bond donors (Lipinski definition) is 0. The second-order valence-corrected chi connectivity index (χ2v) is 5.59. The zero-order chi connectivity index (χ0) is 15.0. The summed E-state index contributed by atoms with van der Waals surface area (Å²) >= 11 is 0. The standard InChI is InChI=1S/C15H19N3O3/c1-9-7-13(17-20-9)14-5-4-6-18(14)15(19)8-12-10(2)16-21-11(12)3/h7,14H,4-6,8H2,1-3H3/t14-/m0/s1. The molecule has 1 amide bonds. The van der Waals surface area contributed by atoms with Crippen molar-refractivity contribution in [1.82, 2.24) is 15.2 Å². The molecule has 0 saturated carbocycles. The molecule has 2 aromatic heterocycles. The molecule has 2 aromatic rings. The van der Waals surface area contributed by atoms with Gasteiger partial charge in [-0.3, -0.25) is 4.79 Å². The van der Waals surface area contributed by atoms with Gasteiger partial charge in [0.2, 0.25) is 5.91 Å². The van der Waals surface area contributed by atoms with Crippen molar-refractivity contribution < 1.29 is 13.8 Å². The predicted octanol–water partition coefficient (Wildman–Crippen LogP) is 2.49. The number of aryl methyl sites for hydroxylation is 3. The second-order valence-electron chi connectivity index (χ2n) is 5.59. The number of nitrogens with zero attached hydrogens (tertiary/aromatic N) is 3. The van der Waals surface area contributed by atoms with Crippen LogP contribution in [0.5, 0.6) is 0 Å². The average molecular weight is 289 g/mol. The van der Waals surface area contributed by atoms with E-state index in [1.165, 1.54) is 0 Å². The molecule has 0 bridgehead atoms. The number of carbonyl (C=O) groups is 1. The fraction of sp³-hybridized carbons (Fsp3) is 0.533. The molecule has 21 heavy (non-hydrogen) atoms. The van der Waals surface area contributed by atoms with Gasteiger partial charge in [-0.1, -0.05) is 10.3 Å². The fourth-order valence-corrected chi connectivity index (χ4v) is 2.92. The molecular weight excluding hydrogens is 270 g/mol. The van der Waals surface area contributed by atoms with Crippen molar-refractivity contribution in [3.05, 3.63) is 34.5 Å². The fourth-order valence-electron chi connectivity index (χ4n) is 2.92. The quantitative estimate of drug-likeness (QED) is 0.868. The van der Waals surface area contributed by atoms with Crippen LogP contribution in [0.2, 0.25) is 0 Å². The van der Waals surface area contributed by atoms with E-state index in [2.05, 4.69) is 10.3 Å². The molecule has 6 nitrogen and oxygen atoms in total. The summed E-state index contributed by atoms with van der Waals surface area (Å²) in [5.74, 6) is 1.58. The monoisotopic (exact) mass is 289 g/mol. The van der Waals surface area contributed by atoms with Crippen LogP contribution in [0.15, 0.2) is 15.1 Å². The number of likely N-dealkylation sites (tertiary alicyclic amines) is 1. The van der Waals surface area contributed by atoms with Crippen molar-refractivity contribution in [3.63, 3.8) is 0 Å². The molecule has 1 aliphatic heterocycles. The van der Waals surface area contributed by atoms with Crippen LogP contribution in [-0.4, -0.2) is 27.7 Å². The van der Waals surface area contributed by atoms with Crippen LogP contribution in [0, 0.1) is 20.8 Å². The van der Waals surface area contributed by atoms with Crippen LogP contribution in [0.1, 0.15) is 47.4 Å². The van der Waals surface area contributed by atoms with Crippen LogP contribution < -0.4 is 0 Å². The zero-order valence-electron chi connectivity index (χ0n) is 12.5. The van der Waals surface area contributed by atoms with Gasteiger partial charge in [-0.05, 0) is 33.6 Å². The molecule has 3 heterocycles. The van der Waals surface area contributed by atoms with Gasteiger partial charge in [0, 0.05) is 18.2 Å². The number of hydrogen-bond acceptors (Lipinski definition) is 5. The third-order valence-corrected chi connectivity index (χ3v) is 4.07. The molecule has 1 fully saturated rings. The first-order chi connectivity index (χ1) is 10.1. The Labute approximate surface area is 123 Å².